The topological polar surface area (TPSA) is 57.6 Å². The van der Waals surface area contributed by atoms with Crippen molar-refractivity contribution in [3.05, 3.63) is 22.4 Å². The molecule has 0 radical (unpaired) electrons. The van der Waals surface area contributed by atoms with E-state index in [1.165, 1.54) is 0 Å². The molecule has 0 saturated carbocycles. The predicted molar refractivity (Wildman–Crippen MR) is 67.2 cm³/mol. The lowest BCUT2D eigenvalue weighted by molar-refractivity contribution is -0.138. The van der Waals surface area contributed by atoms with E-state index in [1.54, 1.807) is 23.3 Å². The van der Waals surface area contributed by atoms with E-state index in [0.717, 1.165) is 5.56 Å². The molecule has 0 spiro atoms. The molecule has 5 heteroatoms. The van der Waals surface area contributed by atoms with Crippen molar-refractivity contribution in [2.75, 3.05) is 13.6 Å². The Labute approximate surface area is 105 Å². The van der Waals surface area contributed by atoms with Crippen LogP contribution in [0, 0.1) is 0 Å². The maximum absolute atomic E-state index is 12.0. The maximum atomic E-state index is 12.0. The molecule has 1 heterocycles. The van der Waals surface area contributed by atoms with E-state index in [-0.39, 0.29) is 18.2 Å². The van der Waals surface area contributed by atoms with Crippen LogP contribution in [0.4, 0.5) is 0 Å². The molecule has 17 heavy (non-hydrogen) atoms. The van der Waals surface area contributed by atoms with Gasteiger partial charge < -0.3 is 10.0 Å². The molecular formula is C12H17NO3S. The number of carboxylic acid groups (broad SMARTS) is 1. The van der Waals surface area contributed by atoms with Gasteiger partial charge in [-0.15, -0.1) is 0 Å². The van der Waals surface area contributed by atoms with E-state index in [0.29, 0.717) is 13.0 Å². The number of carbonyl (C=O) groups is 2. The Kier molecular flexibility index (Phi) is 5.15. The van der Waals surface area contributed by atoms with Crippen LogP contribution in [-0.4, -0.2) is 35.5 Å². The number of aliphatic carboxylic acids is 1. The van der Waals surface area contributed by atoms with E-state index in [4.69, 9.17) is 5.11 Å². The average molecular weight is 255 g/mol. The summed E-state index contributed by atoms with van der Waals surface area (Å²) in [7, 11) is 1.72. The van der Waals surface area contributed by atoms with Gasteiger partial charge >= 0.3 is 5.97 Å². The molecule has 1 aromatic rings. The Bertz CT molecular complexity index is 375. The highest BCUT2D eigenvalue weighted by Gasteiger charge is 2.19. The van der Waals surface area contributed by atoms with Crippen LogP contribution in [0.2, 0.25) is 0 Å². The Balaban J connectivity index is 2.43. The summed E-state index contributed by atoms with van der Waals surface area (Å²) in [6, 6.07) is 1.94. The van der Waals surface area contributed by atoms with E-state index in [1.807, 2.05) is 23.8 Å². The molecular weight excluding hydrogens is 238 g/mol. The zero-order valence-electron chi connectivity index (χ0n) is 10.0. The van der Waals surface area contributed by atoms with Gasteiger partial charge in [0.1, 0.15) is 0 Å². The Morgan fingerprint density at radius 1 is 1.53 bits per heavy atom. The molecule has 0 aliphatic rings. The van der Waals surface area contributed by atoms with Crippen LogP contribution in [-0.2, 0) is 9.59 Å². The number of carboxylic acids is 1. The standard InChI is InChI=1S/C12H17NO3S/c1-9(10-5-7-17-8-10)12(16)13(2)6-3-4-11(14)15/h5,7-9H,3-4,6H2,1-2H3,(H,14,15). The van der Waals surface area contributed by atoms with Crippen LogP contribution in [0.15, 0.2) is 16.8 Å². The number of amides is 1. The van der Waals surface area contributed by atoms with E-state index in [9.17, 15) is 9.59 Å². The first-order valence-electron chi connectivity index (χ1n) is 5.51. The smallest absolute Gasteiger partial charge is 0.303 e. The summed E-state index contributed by atoms with van der Waals surface area (Å²) < 4.78 is 0. The van der Waals surface area contributed by atoms with Crippen molar-refractivity contribution in [3.63, 3.8) is 0 Å². The van der Waals surface area contributed by atoms with Gasteiger partial charge in [0, 0.05) is 20.0 Å². The van der Waals surface area contributed by atoms with Crippen molar-refractivity contribution in [3.8, 4) is 0 Å². The van der Waals surface area contributed by atoms with Crippen molar-refractivity contribution in [2.45, 2.75) is 25.7 Å². The number of hydrogen-bond acceptors (Lipinski definition) is 3. The summed E-state index contributed by atoms with van der Waals surface area (Å²) in [5.74, 6) is -0.943. The SMILES string of the molecule is CC(C(=O)N(C)CCCC(=O)O)c1ccsc1. The Morgan fingerprint density at radius 2 is 2.24 bits per heavy atom. The second-order valence-corrected chi connectivity index (χ2v) is 4.82. The van der Waals surface area contributed by atoms with E-state index >= 15 is 0 Å². The third-order valence-electron chi connectivity index (χ3n) is 2.67. The van der Waals surface area contributed by atoms with Crippen LogP contribution in [0.5, 0.6) is 0 Å². The van der Waals surface area contributed by atoms with Crippen molar-refractivity contribution >= 4 is 23.2 Å². The zero-order chi connectivity index (χ0) is 12.8. The first-order chi connectivity index (χ1) is 8.02. The lowest BCUT2D eigenvalue weighted by Gasteiger charge is -2.20. The predicted octanol–water partition coefficient (Wildman–Crippen LogP) is 2.17. The molecule has 1 N–H and O–H groups in total. The fraction of sp³-hybridized carbons (Fsp3) is 0.500. The summed E-state index contributed by atoms with van der Waals surface area (Å²) >= 11 is 1.57. The number of likely N-dealkylation sites (N-methyl/N-ethyl adjacent to an activating group) is 1. The van der Waals surface area contributed by atoms with Gasteiger partial charge in [0.25, 0.3) is 0 Å². The van der Waals surface area contributed by atoms with Gasteiger partial charge in [0.15, 0.2) is 0 Å². The second-order valence-electron chi connectivity index (χ2n) is 4.04. The van der Waals surface area contributed by atoms with Gasteiger partial charge in [-0.1, -0.05) is 0 Å². The highest BCUT2D eigenvalue weighted by atomic mass is 32.1. The zero-order valence-corrected chi connectivity index (χ0v) is 10.9. The van der Waals surface area contributed by atoms with Crippen molar-refractivity contribution in [1.29, 1.82) is 0 Å². The maximum Gasteiger partial charge on any atom is 0.303 e. The molecule has 1 atom stereocenters. The van der Waals surface area contributed by atoms with Gasteiger partial charge in [-0.05, 0) is 35.7 Å². The number of carbonyl (C=O) groups excluding carboxylic acids is 1. The monoisotopic (exact) mass is 255 g/mol. The first-order valence-corrected chi connectivity index (χ1v) is 6.45. The minimum absolute atomic E-state index is 0.0359. The summed E-state index contributed by atoms with van der Waals surface area (Å²) in [6.45, 7) is 2.36. The molecule has 1 rings (SSSR count). The first kappa shape index (κ1) is 13.7. The molecule has 0 aliphatic heterocycles. The molecule has 0 bridgehead atoms. The van der Waals surface area contributed by atoms with Crippen LogP contribution < -0.4 is 0 Å². The molecule has 0 saturated heterocycles. The molecule has 0 aliphatic carbocycles. The summed E-state index contributed by atoms with van der Waals surface area (Å²) in [4.78, 5) is 24.0. The molecule has 1 unspecified atom stereocenters. The van der Waals surface area contributed by atoms with Crippen LogP contribution in [0.1, 0.15) is 31.2 Å². The van der Waals surface area contributed by atoms with Crippen molar-refractivity contribution in [2.24, 2.45) is 0 Å². The third kappa shape index (κ3) is 4.19. The normalized spacial score (nSPS) is 12.1. The second kappa shape index (κ2) is 6.39. The highest BCUT2D eigenvalue weighted by Crippen LogP contribution is 2.20. The van der Waals surface area contributed by atoms with Gasteiger partial charge in [-0.2, -0.15) is 11.3 Å². The molecule has 0 aromatic carbocycles. The molecule has 1 amide bonds. The van der Waals surface area contributed by atoms with Gasteiger partial charge in [0.05, 0.1) is 5.92 Å². The number of hydrogen-bond donors (Lipinski definition) is 1. The lowest BCUT2D eigenvalue weighted by atomic mass is 10.0. The fourth-order valence-electron chi connectivity index (χ4n) is 1.57. The fourth-order valence-corrected chi connectivity index (χ4v) is 2.33. The molecule has 1 aromatic heterocycles. The Morgan fingerprint density at radius 3 is 2.76 bits per heavy atom. The third-order valence-corrected chi connectivity index (χ3v) is 3.38. The van der Waals surface area contributed by atoms with Crippen molar-refractivity contribution in [1.82, 2.24) is 4.90 Å². The van der Waals surface area contributed by atoms with Crippen LogP contribution >= 0.6 is 11.3 Å². The lowest BCUT2D eigenvalue weighted by Crippen LogP contribution is -2.31. The van der Waals surface area contributed by atoms with Gasteiger partial charge in [-0.3, -0.25) is 9.59 Å². The molecule has 4 nitrogen and oxygen atoms in total. The average Bonchev–Trinajstić information content (AvgIpc) is 2.79. The number of nitrogens with zero attached hydrogens (tertiary/aromatic N) is 1. The number of rotatable bonds is 6. The molecule has 94 valence electrons. The summed E-state index contributed by atoms with van der Waals surface area (Å²) in [5, 5.41) is 12.4. The minimum Gasteiger partial charge on any atom is -0.481 e. The van der Waals surface area contributed by atoms with Gasteiger partial charge in [0.2, 0.25) is 5.91 Å². The minimum atomic E-state index is -0.822. The van der Waals surface area contributed by atoms with E-state index < -0.39 is 5.97 Å². The quantitative estimate of drug-likeness (QED) is 0.847. The Hall–Kier alpha value is -1.36. The molecule has 0 fully saturated rings. The van der Waals surface area contributed by atoms with Crippen molar-refractivity contribution < 1.29 is 14.7 Å². The summed E-state index contributed by atoms with van der Waals surface area (Å²) in [5.41, 5.74) is 1.02. The van der Waals surface area contributed by atoms with E-state index in [2.05, 4.69) is 0 Å². The van der Waals surface area contributed by atoms with Crippen LogP contribution in [0.25, 0.3) is 0 Å². The van der Waals surface area contributed by atoms with Crippen LogP contribution in [0.3, 0.4) is 0 Å². The van der Waals surface area contributed by atoms with Gasteiger partial charge in [-0.25, -0.2) is 0 Å². The summed E-state index contributed by atoms with van der Waals surface area (Å²) in [6.07, 6.45) is 0.596. The largest absolute Gasteiger partial charge is 0.481 e. The highest BCUT2D eigenvalue weighted by molar-refractivity contribution is 7.08. The number of thiophene rings is 1.